The fraction of sp³-hybridized carbons (Fsp3) is 0.333. The number of pyridine rings is 1. The molecular formula is C9H7ClF3NO4. The molecule has 5 nitrogen and oxygen atoms in total. The lowest BCUT2D eigenvalue weighted by Gasteiger charge is -2.14. The minimum atomic E-state index is -5.02. The SMILES string of the molecule is COc1ncc(OC(F)(F)F)c(C(=O)O)c1CCl. The van der Waals surface area contributed by atoms with Gasteiger partial charge >= 0.3 is 12.3 Å². The Kier molecular flexibility index (Phi) is 4.23. The largest absolute Gasteiger partial charge is 0.573 e. The van der Waals surface area contributed by atoms with E-state index in [1.807, 2.05) is 0 Å². The Morgan fingerprint density at radius 3 is 2.56 bits per heavy atom. The molecule has 18 heavy (non-hydrogen) atoms. The van der Waals surface area contributed by atoms with Crippen LogP contribution in [0.5, 0.6) is 11.6 Å². The number of alkyl halides is 4. The Labute approximate surface area is 104 Å². The highest BCUT2D eigenvalue weighted by molar-refractivity contribution is 6.18. The van der Waals surface area contributed by atoms with Crippen molar-refractivity contribution in [2.24, 2.45) is 0 Å². The summed E-state index contributed by atoms with van der Waals surface area (Å²) < 4.78 is 44.6. The second kappa shape index (κ2) is 5.30. The summed E-state index contributed by atoms with van der Waals surface area (Å²) in [5.41, 5.74) is -0.914. The second-order valence-corrected chi connectivity index (χ2v) is 3.24. The summed E-state index contributed by atoms with van der Waals surface area (Å²) in [7, 11) is 1.19. The van der Waals surface area contributed by atoms with E-state index in [4.69, 9.17) is 21.4 Å². The van der Waals surface area contributed by atoms with Gasteiger partial charge in [0.25, 0.3) is 0 Å². The van der Waals surface area contributed by atoms with Gasteiger partial charge in [-0.1, -0.05) is 0 Å². The van der Waals surface area contributed by atoms with Gasteiger partial charge in [0.15, 0.2) is 5.75 Å². The van der Waals surface area contributed by atoms with Gasteiger partial charge in [0.2, 0.25) is 5.88 Å². The number of carboxylic acids is 1. The zero-order valence-electron chi connectivity index (χ0n) is 8.92. The lowest BCUT2D eigenvalue weighted by molar-refractivity contribution is -0.274. The third-order valence-electron chi connectivity index (χ3n) is 1.87. The Hall–Kier alpha value is -1.70. The van der Waals surface area contributed by atoms with E-state index >= 15 is 0 Å². The van der Waals surface area contributed by atoms with Crippen molar-refractivity contribution in [3.8, 4) is 11.6 Å². The second-order valence-electron chi connectivity index (χ2n) is 2.97. The molecule has 0 bridgehead atoms. The number of halogens is 4. The summed E-state index contributed by atoms with van der Waals surface area (Å²) in [5, 5.41) is 8.91. The van der Waals surface area contributed by atoms with Crippen molar-refractivity contribution >= 4 is 17.6 Å². The van der Waals surface area contributed by atoms with Crippen LogP contribution < -0.4 is 9.47 Å². The van der Waals surface area contributed by atoms with E-state index in [0.29, 0.717) is 6.20 Å². The van der Waals surface area contributed by atoms with Gasteiger partial charge in [0, 0.05) is 5.56 Å². The minimum Gasteiger partial charge on any atom is -0.481 e. The number of ether oxygens (including phenoxy) is 2. The number of hydrogen-bond acceptors (Lipinski definition) is 4. The molecule has 0 aliphatic carbocycles. The zero-order chi connectivity index (χ0) is 13.9. The Morgan fingerprint density at radius 1 is 1.56 bits per heavy atom. The highest BCUT2D eigenvalue weighted by Gasteiger charge is 2.34. The van der Waals surface area contributed by atoms with Crippen LogP contribution in [0.15, 0.2) is 6.20 Å². The molecule has 1 aromatic heterocycles. The van der Waals surface area contributed by atoms with E-state index in [1.165, 1.54) is 7.11 Å². The molecule has 0 spiro atoms. The predicted molar refractivity (Wildman–Crippen MR) is 54.0 cm³/mol. The number of methoxy groups -OCH3 is 1. The van der Waals surface area contributed by atoms with Crippen LogP contribution in [0.4, 0.5) is 13.2 Å². The number of rotatable bonds is 4. The van der Waals surface area contributed by atoms with Gasteiger partial charge < -0.3 is 14.6 Å². The number of aromatic carboxylic acids is 1. The van der Waals surface area contributed by atoms with E-state index in [9.17, 15) is 18.0 Å². The highest BCUT2D eigenvalue weighted by atomic mass is 35.5. The van der Waals surface area contributed by atoms with Crippen LogP contribution >= 0.6 is 11.6 Å². The summed E-state index contributed by atoms with van der Waals surface area (Å²) in [5.74, 6) is -3.11. The lowest BCUT2D eigenvalue weighted by Crippen LogP contribution is -2.20. The molecule has 1 rings (SSSR count). The summed E-state index contributed by atoms with van der Waals surface area (Å²) >= 11 is 5.48. The van der Waals surface area contributed by atoms with Gasteiger partial charge in [-0.25, -0.2) is 9.78 Å². The fourth-order valence-corrected chi connectivity index (χ4v) is 1.50. The van der Waals surface area contributed by atoms with Crippen molar-refractivity contribution in [2.75, 3.05) is 7.11 Å². The van der Waals surface area contributed by atoms with E-state index in [1.54, 1.807) is 0 Å². The van der Waals surface area contributed by atoms with Crippen LogP contribution in [0.3, 0.4) is 0 Å². The molecule has 0 fully saturated rings. The molecule has 0 saturated heterocycles. The van der Waals surface area contributed by atoms with Crippen LogP contribution in [0.1, 0.15) is 15.9 Å². The van der Waals surface area contributed by atoms with Gasteiger partial charge in [0.05, 0.1) is 19.2 Å². The predicted octanol–water partition coefficient (Wildman–Crippen LogP) is 2.43. The van der Waals surface area contributed by atoms with Crippen LogP contribution in [0.25, 0.3) is 0 Å². The number of hydrogen-bond donors (Lipinski definition) is 1. The summed E-state index contributed by atoms with van der Waals surface area (Å²) in [6.07, 6.45) is -4.41. The maximum Gasteiger partial charge on any atom is 0.573 e. The van der Waals surface area contributed by atoms with Crippen LogP contribution in [0, 0.1) is 0 Å². The van der Waals surface area contributed by atoms with Gasteiger partial charge in [-0.05, 0) is 0 Å². The van der Waals surface area contributed by atoms with Crippen molar-refractivity contribution < 1.29 is 32.5 Å². The van der Waals surface area contributed by atoms with E-state index in [0.717, 1.165) is 0 Å². The van der Waals surface area contributed by atoms with Gasteiger partial charge in [-0.3, -0.25) is 0 Å². The maximum absolute atomic E-state index is 12.1. The van der Waals surface area contributed by atoms with Gasteiger partial charge in [-0.15, -0.1) is 24.8 Å². The Bertz CT molecular complexity index is 464. The van der Waals surface area contributed by atoms with Crippen LogP contribution in [0.2, 0.25) is 0 Å². The molecule has 0 radical (unpaired) electrons. The van der Waals surface area contributed by atoms with Crippen molar-refractivity contribution in [3.63, 3.8) is 0 Å². The van der Waals surface area contributed by atoms with Crippen molar-refractivity contribution in [3.05, 3.63) is 17.3 Å². The molecule has 100 valence electrons. The van der Waals surface area contributed by atoms with E-state index < -0.39 is 23.6 Å². The quantitative estimate of drug-likeness (QED) is 0.861. The summed E-state index contributed by atoms with van der Waals surface area (Å²) in [4.78, 5) is 14.5. The number of nitrogens with zero attached hydrogens (tertiary/aromatic N) is 1. The lowest BCUT2D eigenvalue weighted by atomic mass is 10.1. The first-order valence-electron chi connectivity index (χ1n) is 4.41. The first-order valence-corrected chi connectivity index (χ1v) is 4.94. The molecule has 0 saturated carbocycles. The molecule has 1 heterocycles. The monoisotopic (exact) mass is 285 g/mol. The summed E-state index contributed by atoms with van der Waals surface area (Å²) in [6, 6.07) is 0. The first-order chi connectivity index (χ1) is 8.30. The standard InChI is InChI=1S/C9H7ClF3NO4/c1-17-7-4(2-10)6(8(15)16)5(3-14-7)18-9(11,12)13/h3H,2H2,1H3,(H,15,16). The first kappa shape index (κ1) is 14.4. The minimum absolute atomic E-state index is 0.170. The Balaban J connectivity index is 3.39. The molecule has 0 aliphatic heterocycles. The molecule has 0 unspecified atom stereocenters. The smallest absolute Gasteiger partial charge is 0.481 e. The van der Waals surface area contributed by atoms with Crippen LogP contribution in [-0.2, 0) is 5.88 Å². The van der Waals surface area contributed by atoms with Crippen LogP contribution in [-0.4, -0.2) is 29.5 Å². The topological polar surface area (TPSA) is 68.7 Å². The highest BCUT2D eigenvalue weighted by Crippen LogP contribution is 2.32. The molecule has 1 N–H and O–H groups in total. The Morgan fingerprint density at radius 2 is 2.17 bits per heavy atom. The van der Waals surface area contributed by atoms with Gasteiger partial charge in [0.1, 0.15) is 5.56 Å². The molecule has 0 aliphatic rings. The molecule has 1 aromatic rings. The number of carboxylic acid groups (broad SMARTS) is 1. The average Bonchev–Trinajstić information content (AvgIpc) is 2.25. The third-order valence-corrected chi connectivity index (χ3v) is 2.14. The van der Waals surface area contributed by atoms with Gasteiger partial charge in [-0.2, -0.15) is 0 Å². The normalized spacial score (nSPS) is 11.2. The molecule has 9 heteroatoms. The zero-order valence-corrected chi connectivity index (χ0v) is 9.67. The third kappa shape index (κ3) is 3.16. The molecule has 0 atom stereocenters. The van der Waals surface area contributed by atoms with Crippen molar-refractivity contribution in [1.29, 1.82) is 0 Å². The van der Waals surface area contributed by atoms with E-state index in [2.05, 4.69) is 9.72 Å². The maximum atomic E-state index is 12.1. The van der Waals surface area contributed by atoms with E-state index in [-0.39, 0.29) is 17.3 Å². The molecular weight excluding hydrogens is 279 g/mol. The molecule has 0 aromatic carbocycles. The average molecular weight is 286 g/mol. The fourth-order valence-electron chi connectivity index (χ4n) is 1.25. The number of aromatic nitrogens is 1. The van der Waals surface area contributed by atoms with Crippen molar-refractivity contribution in [1.82, 2.24) is 4.98 Å². The molecule has 0 amide bonds. The number of carbonyl (C=O) groups is 1. The summed E-state index contributed by atoms with van der Waals surface area (Å²) in [6.45, 7) is 0. The van der Waals surface area contributed by atoms with Crippen molar-refractivity contribution in [2.45, 2.75) is 12.2 Å².